The zero-order valence-corrected chi connectivity index (χ0v) is 11.1. The Morgan fingerprint density at radius 1 is 1.47 bits per heavy atom. The van der Waals surface area contributed by atoms with E-state index in [0.29, 0.717) is 0 Å². The van der Waals surface area contributed by atoms with Gasteiger partial charge in [-0.2, -0.15) is 0 Å². The summed E-state index contributed by atoms with van der Waals surface area (Å²) in [6.45, 7) is 6.06. The summed E-state index contributed by atoms with van der Waals surface area (Å²) in [6, 6.07) is 7.44. The molecule has 3 nitrogen and oxygen atoms in total. The molecule has 17 heavy (non-hydrogen) atoms. The van der Waals surface area contributed by atoms with E-state index >= 15 is 0 Å². The number of carbonyl (C=O) groups excluding carboxylic acids is 1. The molecule has 94 valence electrons. The maximum absolute atomic E-state index is 12.2. The maximum Gasteiger partial charge on any atom is 0.243 e. The first-order valence-electron chi connectivity index (χ1n) is 6.07. The molecular formula is C14H22N2O. The first-order chi connectivity index (χ1) is 7.97. The third-order valence-corrected chi connectivity index (χ3v) is 3.26. The Hall–Kier alpha value is -1.35. The molecule has 0 fully saturated rings. The molecule has 2 atom stereocenters. The number of carbonyl (C=O) groups is 1. The second-order valence-corrected chi connectivity index (χ2v) is 4.65. The highest BCUT2D eigenvalue weighted by Gasteiger charge is 2.23. The molecule has 1 rings (SSSR count). The predicted molar refractivity (Wildman–Crippen MR) is 72.0 cm³/mol. The van der Waals surface area contributed by atoms with Crippen LogP contribution in [0.15, 0.2) is 24.3 Å². The molecule has 0 spiro atoms. The largest absolute Gasteiger partial charge is 0.320 e. The zero-order valence-electron chi connectivity index (χ0n) is 11.1. The zero-order chi connectivity index (χ0) is 13.0. The van der Waals surface area contributed by atoms with Crippen LogP contribution in [0.2, 0.25) is 0 Å². The van der Waals surface area contributed by atoms with Crippen LogP contribution in [-0.4, -0.2) is 19.0 Å². The van der Waals surface area contributed by atoms with Gasteiger partial charge in [0.1, 0.15) is 0 Å². The lowest BCUT2D eigenvalue weighted by molar-refractivity contribution is -0.120. The highest BCUT2D eigenvalue weighted by molar-refractivity contribution is 5.96. The van der Waals surface area contributed by atoms with Gasteiger partial charge in [0.15, 0.2) is 0 Å². The van der Waals surface area contributed by atoms with Crippen LogP contribution in [-0.2, 0) is 4.79 Å². The van der Waals surface area contributed by atoms with Gasteiger partial charge in [-0.15, -0.1) is 0 Å². The molecule has 1 amide bonds. The molecule has 0 bridgehead atoms. The fourth-order valence-electron chi connectivity index (χ4n) is 1.68. The first kappa shape index (κ1) is 13.7. The van der Waals surface area contributed by atoms with Gasteiger partial charge in [0.05, 0.1) is 6.04 Å². The van der Waals surface area contributed by atoms with E-state index in [1.165, 1.54) is 0 Å². The van der Waals surface area contributed by atoms with Crippen molar-refractivity contribution >= 4 is 11.6 Å². The van der Waals surface area contributed by atoms with E-state index in [1.807, 2.05) is 45.0 Å². The first-order valence-corrected chi connectivity index (χ1v) is 6.07. The van der Waals surface area contributed by atoms with Gasteiger partial charge < -0.3 is 10.6 Å². The summed E-state index contributed by atoms with van der Waals surface area (Å²) in [5, 5.41) is 0. The molecule has 3 heteroatoms. The Morgan fingerprint density at radius 3 is 2.65 bits per heavy atom. The summed E-state index contributed by atoms with van der Waals surface area (Å²) >= 11 is 0. The van der Waals surface area contributed by atoms with Gasteiger partial charge in [-0.1, -0.05) is 32.4 Å². The number of nitrogens with two attached hydrogens (primary N) is 1. The molecule has 0 aliphatic heterocycles. The molecule has 1 aromatic rings. The van der Waals surface area contributed by atoms with Crippen molar-refractivity contribution in [3.05, 3.63) is 29.8 Å². The summed E-state index contributed by atoms with van der Waals surface area (Å²) in [6.07, 6.45) is 0.911. The minimum Gasteiger partial charge on any atom is -0.320 e. The van der Waals surface area contributed by atoms with Gasteiger partial charge in [0, 0.05) is 12.7 Å². The fraction of sp³-hybridized carbons (Fsp3) is 0.500. The molecule has 0 heterocycles. The van der Waals surface area contributed by atoms with Crippen LogP contribution >= 0.6 is 0 Å². The Bertz CT molecular complexity index is 390. The highest BCUT2D eigenvalue weighted by Crippen LogP contribution is 2.17. The van der Waals surface area contributed by atoms with Crippen LogP contribution in [0.4, 0.5) is 5.69 Å². The van der Waals surface area contributed by atoms with E-state index in [0.717, 1.165) is 17.7 Å². The standard InChI is InChI=1S/C14H22N2O/c1-5-11(3)13(15)14(17)16(4)12-8-6-7-10(2)9-12/h6-9,11,13H,5,15H2,1-4H3. The molecule has 0 radical (unpaired) electrons. The molecule has 2 N–H and O–H groups in total. The molecule has 1 aromatic carbocycles. The maximum atomic E-state index is 12.2. The molecule has 0 aliphatic carbocycles. The number of amides is 1. The van der Waals surface area contributed by atoms with Crippen LogP contribution in [0.5, 0.6) is 0 Å². The summed E-state index contributed by atoms with van der Waals surface area (Å²) in [4.78, 5) is 13.8. The smallest absolute Gasteiger partial charge is 0.243 e. The Labute approximate surface area is 104 Å². The van der Waals surface area contributed by atoms with Crippen molar-refractivity contribution in [2.45, 2.75) is 33.2 Å². The van der Waals surface area contributed by atoms with Crippen LogP contribution < -0.4 is 10.6 Å². The SMILES string of the molecule is CCC(C)C(N)C(=O)N(C)c1cccc(C)c1. The molecular weight excluding hydrogens is 212 g/mol. The van der Waals surface area contributed by atoms with Gasteiger partial charge >= 0.3 is 0 Å². The van der Waals surface area contributed by atoms with Crippen LogP contribution in [0, 0.1) is 12.8 Å². The van der Waals surface area contributed by atoms with Crippen molar-refractivity contribution in [2.24, 2.45) is 11.7 Å². The second kappa shape index (κ2) is 5.82. The predicted octanol–water partition coefficient (Wildman–Crippen LogP) is 2.33. The number of nitrogens with zero attached hydrogens (tertiary/aromatic N) is 1. The number of hydrogen-bond acceptors (Lipinski definition) is 2. The molecule has 0 saturated heterocycles. The van der Waals surface area contributed by atoms with Gasteiger partial charge in [-0.3, -0.25) is 4.79 Å². The molecule has 0 aromatic heterocycles. The van der Waals surface area contributed by atoms with Gasteiger partial charge in [0.2, 0.25) is 5.91 Å². The van der Waals surface area contributed by atoms with E-state index in [2.05, 4.69) is 0 Å². The Balaban J connectivity index is 2.83. The number of benzene rings is 1. The van der Waals surface area contributed by atoms with Crippen molar-refractivity contribution in [2.75, 3.05) is 11.9 Å². The van der Waals surface area contributed by atoms with Crippen LogP contribution in [0.25, 0.3) is 0 Å². The summed E-state index contributed by atoms with van der Waals surface area (Å²) in [5.41, 5.74) is 7.99. The van der Waals surface area contributed by atoms with Crippen molar-refractivity contribution in [3.8, 4) is 0 Å². The van der Waals surface area contributed by atoms with Crippen LogP contribution in [0.1, 0.15) is 25.8 Å². The third kappa shape index (κ3) is 3.30. The summed E-state index contributed by atoms with van der Waals surface area (Å²) in [5.74, 6) is 0.180. The average Bonchev–Trinajstić information content (AvgIpc) is 2.35. The Kier molecular flexibility index (Phi) is 4.70. The lowest BCUT2D eigenvalue weighted by atomic mass is 9.99. The number of hydrogen-bond donors (Lipinski definition) is 1. The normalized spacial score (nSPS) is 14.2. The number of anilines is 1. The number of aryl methyl sites for hydroxylation is 1. The quantitative estimate of drug-likeness (QED) is 0.869. The average molecular weight is 234 g/mol. The lowest BCUT2D eigenvalue weighted by Crippen LogP contribution is -2.45. The van der Waals surface area contributed by atoms with Gasteiger partial charge in [0.25, 0.3) is 0 Å². The molecule has 0 aliphatic rings. The monoisotopic (exact) mass is 234 g/mol. The van der Waals surface area contributed by atoms with Crippen LogP contribution in [0.3, 0.4) is 0 Å². The van der Waals surface area contributed by atoms with Crippen molar-refractivity contribution < 1.29 is 4.79 Å². The van der Waals surface area contributed by atoms with Gasteiger partial charge in [-0.25, -0.2) is 0 Å². The van der Waals surface area contributed by atoms with E-state index in [-0.39, 0.29) is 11.8 Å². The number of likely N-dealkylation sites (N-methyl/N-ethyl adjacent to an activating group) is 1. The minimum atomic E-state index is -0.425. The Morgan fingerprint density at radius 2 is 2.12 bits per heavy atom. The van der Waals surface area contributed by atoms with Crippen molar-refractivity contribution in [1.82, 2.24) is 0 Å². The summed E-state index contributed by atoms with van der Waals surface area (Å²) < 4.78 is 0. The van der Waals surface area contributed by atoms with Gasteiger partial charge in [-0.05, 0) is 30.5 Å². The molecule has 2 unspecified atom stereocenters. The second-order valence-electron chi connectivity index (χ2n) is 4.65. The topological polar surface area (TPSA) is 46.3 Å². The lowest BCUT2D eigenvalue weighted by Gasteiger charge is -2.24. The summed E-state index contributed by atoms with van der Waals surface area (Å²) in [7, 11) is 1.78. The van der Waals surface area contributed by atoms with E-state index < -0.39 is 6.04 Å². The van der Waals surface area contributed by atoms with E-state index in [9.17, 15) is 4.79 Å². The van der Waals surface area contributed by atoms with E-state index in [4.69, 9.17) is 5.73 Å². The van der Waals surface area contributed by atoms with Crippen molar-refractivity contribution in [1.29, 1.82) is 0 Å². The third-order valence-electron chi connectivity index (χ3n) is 3.26. The molecule has 0 saturated carbocycles. The number of rotatable bonds is 4. The van der Waals surface area contributed by atoms with Crippen molar-refractivity contribution in [3.63, 3.8) is 0 Å². The minimum absolute atomic E-state index is 0.0232. The fourth-order valence-corrected chi connectivity index (χ4v) is 1.68. The highest BCUT2D eigenvalue weighted by atomic mass is 16.2. The van der Waals surface area contributed by atoms with E-state index in [1.54, 1.807) is 11.9 Å².